The van der Waals surface area contributed by atoms with Gasteiger partial charge in [-0.05, 0) is 0 Å². The van der Waals surface area contributed by atoms with Crippen LogP contribution in [0.15, 0.2) is 0 Å². The molecule has 0 aliphatic carbocycles. The standard InChI is InChI=1S/B.H4O4Si.H3P/c;1-5(2,3)4;/h;1-4H;1H3. The Labute approximate surface area is 47.5 Å². The minimum atomic E-state index is -4.61. The molecule has 0 fully saturated rings. The second kappa shape index (κ2) is 4.70. The van der Waals surface area contributed by atoms with Crippen LogP contribution in [-0.4, -0.2) is 36.6 Å². The monoisotopic (exact) mass is 141 g/mol. The molecule has 0 aromatic carbocycles. The Morgan fingerprint density at radius 1 is 0.857 bits per heavy atom. The molecule has 0 aliphatic heterocycles. The van der Waals surface area contributed by atoms with E-state index in [2.05, 4.69) is 0 Å². The van der Waals surface area contributed by atoms with E-state index in [-0.39, 0.29) is 18.3 Å². The Kier molecular flexibility index (Phi) is 10.5. The largest absolute Gasteiger partial charge is 0.668 e. The van der Waals surface area contributed by atoms with Crippen molar-refractivity contribution in [3.05, 3.63) is 0 Å². The van der Waals surface area contributed by atoms with Gasteiger partial charge >= 0.3 is 9.05 Å². The first kappa shape index (κ1) is 15.6. The van der Waals surface area contributed by atoms with Crippen molar-refractivity contribution in [3.63, 3.8) is 0 Å². The molecule has 1 unspecified atom stereocenters. The summed E-state index contributed by atoms with van der Waals surface area (Å²) >= 11 is 0. The second-order valence-corrected chi connectivity index (χ2v) is 1.80. The van der Waals surface area contributed by atoms with Gasteiger partial charge in [0, 0.05) is 8.41 Å². The van der Waals surface area contributed by atoms with Crippen molar-refractivity contribution < 1.29 is 19.2 Å². The van der Waals surface area contributed by atoms with E-state index in [1.807, 2.05) is 0 Å². The topological polar surface area (TPSA) is 80.9 Å². The molecule has 0 aliphatic rings. The lowest BCUT2D eigenvalue weighted by atomic mass is 10.8. The van der Waals surface area contributed by atoms with E-state index in [4.69, 9.17) is 19.2 Å². The molecule has 3 radical (unpaired) electrons. The molecule has 1 atom stereocenters. The van der Waals surface area contributed by atoms with Crippen molar-refractivity contribution in [2.45, 2.75) is 0 Å². The fourth-order valence-corrected chi connectivity index (χ4v) is 0. The van der Waals surface area contributed by atoms with E-state index in [1.54, 1.807) is 0 Å². The van der Waals surface area contributed by atoms with Gasteiger partial charge in [0.25, 0.3) is 0 Å². The maximum absolute atomic E-state index is 7.33. The van der Waals surface area contributed by atoms with Gasteiger partial charge in [0.1, 0.15) is 0 Å². The molecule has 0 saturated heterocycles. The number of hydrogen-bond donors (Lipinski definition) is 4. The summed E-state index contributed by atoms with van der Waals surface area (Å²) in [4.78, 5) is 29.3. The summed E-state index contributed by atoms with van der Waals surface area (Å²) in [6.07, 6.45) is 0. The molecule has 0 amide bonds. The zero-order valence-corrected chi connectivity index (χ0v) is 5.99. The van der Waals surface area contributed by atoms with Crippen LogP contribution in [0.1, 0.15) is 0 Å². The third-order valence-corrected chi connectivity index (χ3v) is 0. The highest BCUT2D eigenvalue weighted by atomic mass is 31.0. The fourth-order valence-electron chi connectivity index (χ4n) is 0. The Hall–Kier alpha value is 0.552. The van der Waals surface area contributed by atoms with E-state index >= 15 is 0 Å². The molecular formula is H7BO4PSi. The highest BCUT2D eigenvalue weighted by molar-refractivity contribution is 6.92. The van der Waals surface area contributed by atoms with Gasteiger partial charge in [-0.1, -0.05) is 0 Å². The molecule has 0 saturated carbocycles. The molecular weight excluding hydrogens is 134 g/mol. The van der Waals surface area contributed by atoms with Crippen molar-refractivity contribution in [2.24, 2.45) is 0 Å². The molecule has 7 heteroatoms. The third kappa shape index (κ3) is 446. The van der Waals surface area contributed by atoms with E-state index in [1.165, 1.54) is 0 Å². The van der Waals surface area contributed by atoms with Gasteiger partial charge in [-0.25, -0.2) is 0 Å². The van der Waals surface area contributed by atoms with Crippen LogP contribution in [0.4, 0.5) is 0 Å². The van der Waals surface area contributed by atoms with Crippen LogP contribution >= 0.6 is 9.90 Å². The summed E-state index contributed by atoms with van der Waals surface area (Å²) in [5, 5.41) is 0. The molecule has 4 nitrogen and oxygen atoms in total. The van der Waals surface area contributed by atoms with Crippen LogP contribution in [0.25, 0.3) is 0 Å². The normalized spacial score (nSPS) is 8.57. The predicted octanol–water partition coefficient (Wildman–Crippen LogP) is -2.93. The summed E-state index contributed by atoms with van der Waals surface area (Å²) < 4.78 is 0. The van der Waals surface area contributed by atoms with Gasteiger partial charge < -0.3 is 19.2 Å². The molecule has 0 rings (SSSR count). The maximum Gasteiger partial charge on any atom is 0.668 e. The van der Waals surface area contributed by atoms with E-state index in [9.17, 15) is 0 Å². The van der Waals surface area contributed by atoms with Gasteiger partial charge in [0.2, 0.25) is 0 Å². The highest BCUT2D eigenvalue weighted by Gasteiger charge is 2.22. The first-order valence-corrected chi connectivity index (χ1v) is 2.68. The van der Waals surface area contributed by atoms with Gasteiger partial charge in [-0.15, -0.1) is 0 Å². The fraction of sp³-hybridized carbons (Fsp3) is 0. The zero-order valence-electron chi connectivity index (χ0n) is 3.57. The van der Waals surface area contributed by atoms with Crippen LogP contribution < -0.4 is 0 Å². The summed E-state index contributed by atoms with van der Waals surface area (Å²) in [5.74, 6) is 0. The maximum atomic E-state index is 7.33. The van der Waals surface area contributed by atoms with Crippen molar-refractivity contribution >= 4 is 27.4 Å². The molecule has 43 valence electrons. The Morgan fingerprint density at radius 2 is 0.857 bits per heavy atom. The van der Waals surface area contributed by atoms with Gasteiger partial charge in [-0.2, -0.15) is 9.90 Å². The van der Waals surface area contributed by atoms with Crippen LogP contribution in [0, 0.1) is 0 Å². The predicted molar refractivity (Wildman–Crippen MR) is 31.5 cm³/mol. The van der Waals surface area contributed by atoms with Gasteiger partial charge in [0.15, 0.2) is 0 Å². The van der Waals surface area contributed by atoms with Crippen molar-refractivity contribution in [1.29, 1.82) is 0 Å². The smallest absolute Gasteiger partial charge is 0.368 e. The quantitative estimate of drug-likeness (QED) is 0.215. The van der Waals surface area contributed by atoms with E-state index in [0.717, 1.165) is 0 Å². The molecule has 4 N–H and O–H groups in total. The van der Waals surface area contributed by atoms with Crippen molar-refractivity contribution in [1.82, 2.24) is 0 Å². The van der Waals surface area contributed by atoms with Crippen molar-refractivity contribution in [2.75, 3.05) is 0 Å². The summed E-state index contributed by atoms with van der Waals surface area (Å²) in [7, 11) is -4.61. The summed E-state index contributed by atoms with van der Waals surface area (Å²) in [5.41, 5.74) is 0. The average Bonchev–Trinajstić information content (AvgIpc) is 0.722. The van der Waals surface area contributed by atoms with Gasteiger partial charge in [-0.3, -0.25) is 0 Å². The molecule has 0 aromatic rings. The molecule has 0 bridgehead atoms. The van der Waals surface area contributed by atoms with Gasteiger partial charge in [0.05, 0.1) is 0 Å². The molecule has 0 aromatic heterocycles. The first-order chi connectivity index (χ1) is 2.00. The Balaban J connectivity index is -0.0000000800. The Morgan fingerprint density at radius 3 is 0.857 bits per heavy atom. The second-order valence-electron chi connectivity index (χ2n) is 0.600. The highest BCUT2D eigenvalue weighted by Crippen LogP contribution is 1.67. The van der Waals surface area contributed by atoms with E-state index < -0.39 is 9.05 Å². The van der Waals surface area contributed by atoms with Crippen LogP contribution in [0.5, 0.6) is 0 Å². The average molecular weight is 141 g/mol. The number of hydrogen-bond acceptors (Lipinski definition) is 4. The number of rotatable bonds is 0. The molecule has 0 heterocycles. The SMILES string of the molecule is O[Si](O)(O)O.P.[B]. The lowest BCUT2D eigenvalue weighted by Gasteiger charge is -1.91. The third-order valence-electron chi connectivity index (χ3n) is 0. The first-order valence-electron chi connectivity index (χ1n) is 0.894. The lowest BCUT2D eigenvalue weighted by Crippen LogP contribution is -2.33. The minimum absolute atomic E-state index is 0. The van der Waals surface area contributed by atoms with E-state index in [0.29, 0.717) is 0 Å². The zero-order chi connectivity index (χ0) is 4.50. The molecule has 7 heavy (non-hydrogen) atoms. The summed E-state index contributed by atoms with van der Waals surface area (Å²) in [6, 6.07) is 0. The Bertz CT molecular complexity index is 27.2. The van der Waals surface area contributed by atoms with Crippen molar-refractivity contribution in [3.8, 4) is 0 Å². The van der Waals surface area contributed by atoms with Crippen LogP contribution in [0.2, 0.25) is 0 Å². The van der Waals surface area contributed by atoms with Crippen LogP contribution in [0.3, 0.4) is 0 Å². The minimum Gasteiger partial charge on any atom is -0.368 e. The van der Waals surface area contributed by atoms with Crippen LogP contribution in [-0.2, 0) is 0 Å². The molecule has 0 spiro atoms. The summed E-state index contributed by atoms with van der Waals surface area (Å²) in [6.45, 7) is 0. The lowest BCUT2D eigenvalue weighted by molar-refractivity contribution is 0.117.